The van der Waals surface area contributed by atoms with E-state index in [9.17, 15) is 4.79 Å². The molecule has 0 bridgehead atoms. The molecule has 0 aliphatic heterocycles. The zero-order chi connectivity index (χ0) is 18.2. The molecule has 0 spiro atoms. The fourth-order valence-corrected chi connectivity index (χ4v) is 6.13. The Morgan fingerprint density at radius 1 is 1.08 bits per heavy atom. The summed E-state index contributed by atoms with van der Waals surface area (Å²) in [7, 11) is 3.94. The normalized spacial score (nSPS) is 12.2. The van der Waals surface area contributed by atoms with Gasteiger partial charge < -0.3 is 0 Å². The third-order valence-corrected chi connectivity index (χ3v) is 10.3. The average molecular weight is 445 g/mol. The SMILES string of the molecule is CN(C)CCOC(=O)c1c2ccccc2n2c[c]([Sn]([CH3])([CH3])[CH3])ccc12. The first-order chi connectivity index (χ1) is 11.8. The first-order valence-corrected chi connectivity index (χ1v) is 18.6. The van der Waals surface area contributed by atoms with Crippen molar-refractivity contribution in [2.24, 2.45) is 0 Å². The Morgan fingerprint density at radius 3 is 2.48 bits per heavy atom. The molecule has 4 nitrogen and oxygen atoms in total. The molecule has 0 aliphatic rings. The summed E-state index contributed by atoms with van der Waals surface area (Å²) in [6.07, 6.45) is 2.23. The zero-order valence-electron chi connectivity index (χ0n) is 15.7. The number of carbonyl (C=O) groups is 1. The molecule has 132 valence electrons. The molecule has 25 heavy (non-hydrogen) atoms. The molecular weight excluding hydrogens is 419 g/mol. The Labute approximate surface area is 153 Å². The van der Waals surface area contributed by atoms with Crippen LogP contribution in [0.3, 0.4) is 0 Å². The molecular formula is C20H26N2O2Sn. The van der Waals surface area contributed by atoms with Gasteiger partial charge in [-0.15, -0.1) is 0 Å². The molecule has 3 rings (SSSR count). The quantitative estimate of drug-likeness (QED) is 0.447. The maximum absolute atomic E-state index is 12.8. The van der Waals surface area contributed by atoms with Crippen molar-refractivity contribution < 1.29 is 9.53 Å². The van der Waals surface area contributed by atoms with Crippen LogP contribution < -0.4 is 3.58 Å². The molecule has 1 aromatic carbocycles. The van der Waals surface area contributed by atoms with Crippen molar-refractivity contribution in [3.8, 4) is 0 Å². The van der Waals surface area contributed by atoms with Crippen LogP contribution in [0.5, 0.6) is 0 Å². The molecule has 0 fully saturated rings. The molecule has 0 atom stereocenters. The summed E-state index contributed by atoms with van der Waals surface area (Å²) < 4.78 is 9.13. The van der Waals surface area contributed by atoms with Crippen molar-refractivity contribution >= 4 is 44.3 Å². The van der Waals surface area contributed by atoms with Crippen LogP contribution in [0.2, 0.25) is 14.8 Å². The second kappa shape index (κ2) is 7.00. The monoisotopic (exact) mass is 446 g/mol. The van der Waals surface area contributed by atoms with Crippen LogP contribution in [-0.2, 0) is 4.74 Å². The summed E-state index contributed by atoms with van der Waals surface area (Å²) in [5, 5.41) is 0.957. The Hall–Kier alpha value is -1.53. The summed E-state index contributed by atoms with van der Waals surface area (Å²) in [5.74, 6) is -0.243. The Balaban J connectivity index is 2.12. The Bertz CT molecular complexity index is 922. The van der Waals surface area contributed by atoms with Crippen LogP contribution >= 0.6 is 0 Å². The number of likely N-dealkylation sites (N-methyl/N-ethyl adjacent to an activating group) is 1. The number of ether oxygens (including phenoxy) is 1. The predicted molar refractivity (Wildman–Crippen MR) is 107 cm³/mol. The number of fused-ring (bicyclic) bond motifs is 3. The van der Waals surface area contributed by atoms with E-state index >= 15 is 0 Å². The van der Waals surface area contributed by atoms with Gasteiger partial charge in [-0.05, 0) is 0 Å². The maximum atomic E-state index is 12.8. The minimum absolute atomic E-state index is 0.243. The molecule has 0 unspecified atom stereocenters. The number of nitrogens with zero attached hydrogens (tertiary/aromatic N) is 2. The van der Waals surface area contributed by atoms with E-state index in [0.717, 1.165) is 23.0 Å². The van der Waals surface area contributed by atoms with Gasteiger partial charge in [0.2, 0.25) is 0 Å². The van der Waals surface area contributed by atoms with Crippen molar-refractivity contribution in [2.75, 3.05) is 27.2 Å². The predicted octanol–water partition coefficient (Wildman–Crippen LogP) is 3.36. The number of pyridine rings is 1. The van der Waals surface area contributed by atoms with Gasteiger partial charge in [0.25, 0.3) is 0 Å². The van der Waals surface area contributed by atoms with Gasteiger partial charge in [-0.3, -0.25) is 0 Å². The van der Waals surface area contributed by atoms with E-state index in [0.29, 0.717) is 12.2 Å². The van der Waals surface area contributed by atoms with Crippen molar-refractivity contribution in [3.63, 3.8) is 0 Å². The molecule has 0 radical (unpaired) electrons. The molecule has 3 aromatic rings. The molecule has 5 heteroatoms. The van der Waals surface area contributed by atoms with Gasteiger partial charge in [-0.25, -0.2) is 0 Å². The molecule has 0 amide bonds. The van der Waals surface area contributed by atoms with Crippen LogP contribution in [-0.4, -0.2) is 60.9 Å². The van der Waals surface area contributed by atoms with E-state index in [1.165, 1.54) is 3.58 Å². The molecule has 0 saturated carbocycles. The van der Waals surface area contributed by atoms with E-state index in [-0.39, 0.29) is 5.97 Å². The number of aromatic nitrogens is 1. The summed E-state index contributed by atoms with van der Waals surface area (Å²) in [4.78, 5) is 22.0. The minimum atomic E-state index is -2.19. The first-order valence-electron chi connectivity index (χ1n) is 8.64. The third kappa shape index (κ3) is 3.70. The summed E-state index contributed by atoms with van der Waals surface area (Å²) in [6.45, 7) is 1.12. The number of hydrogen-bond donors (Lipinski definition) is 0. The average Bonchev–Trinajstić information content (AvgIpc) is 2.87. The van der Waals surface area contributed by atoms with Crippen molar-refractivity contribution in [1.29, 1.82) is 0 Å². The van der Waals surface area contributed by atoms with E-state index < -0.39 is 18.4 Å². The molecule has 0 aliphatic carbocycles. The van der Waals surface area contributed by atoms with E-state index in [2.05, 4.69) is 43.6 Å². The number of benzene rings is 1. The fourth-order valence-electron chi connectivity index (χ4n) is 2.99. The molecule has 0 saturated heterocycles. The van der Waals surface area contributed by atoms with Crippen LogP contribution in [0.15, 0.2) is 42.6 Å². The number of hydrogen-bond acceptors (Lipinski definition) is 3. The number of carbonyl (C=O) groups excluding carboxylic acids is 1. The fraction of sp³-hybridized carbons (Fsp3) is 0.350. The topological polar surface area (TPSA) is 34.0 Å². The van der Waals surface area contributed by atoms with Gasteiger partial charge in [-0.1, -0.05) is 0 Å². The molecule has 2 aromatic heterocycles. The van der Waals surface area contributed by atoms with Crippen molar-refractivity contribution in [1.82, 2.24) is 9.30 Å². The third-order valence-electron chi connectivity index (χ3n) is 4.48. The van der Waals surface area contributed by atoms with Crippen LogP contribution in [0.1, 0.15) is 10.4 Å². The Kier molecular flexibility index (Phi) is 5.11. The van der Waals surface area contributed by atoms with Gasteiger partial charge >= 0.3 is 153 Å². The van der Waals surface area contributed by atoms with Gasteiger partial charge in [0.1, 0.15) is 0 Å². The van der Waals surface area contributed by atoms with E-state index in [1.54, 1.807) is 0 Å². The van der Waals surface area contributed by atoms with Crippen LogP contribution in [0.4, 0.5) is 0 Å². The molecule has 0 N–H and O–H groups in total. The van der Waals surface area contributed by atoms with Gasteiger partial charge in [0.15, 0.2) is 0 Å². The van der Waals surface area contributed by atoms with Crippen molar-refractivity contribution in [2.45, 2.75) is 14.8 Å². The second-order valence-corrected chi connectivity index (χ2v) is 22.2. The summed E-state index contributed by atoms with van der Waals surface area (Å²) in [5.41, 5.74) is 2.66. The van der Waals surface area contributed by atoms with Gasteiger partial charge in [0, 0.05) is 0 Å². The van der Waals surface area contributed by atoms with Crippen LogP contribution in [0.25, 0.3) is 16.4 Å². The summed E-state index contributed by atoms with van der Waals surface area (Å²) >= 11 is -2.19. The van der Waals surface area contributed by atoms with Crippen molar-refractivity contribution in [3.05, 3.63) is 48.2 Å². The number of para-hydroxylation sites is 1. The number of esters is 1. The summed E-state index contributed by atoms with van der Waals surface area (Å²) in [6, 6.07) is 12.3. The van der Waals surface area contributed by atoms with Gasteiger partial charge in [-0.2, -0.15) is 0 Å². The second-order valence-electron chi connectivity index (χ2n) is 7.75. The number of rotatable bonds is 5. The first kappa shape index (κ1) is 18.3. The van der Waals surface area contributed by atoms with Gasteiger partial charge in [0.05, 0.1) is 0 Å². The molecule has 2 heterocycles. The standard InChI is InChI=1S/C17H17N2O2.3CH3.Sn/c1-18(2)11-12-21-17(20)16-13-7-3-4-8-14(13)19-10-6-5-9-15(16)19;;;;/h3-5,7-10H,11-12H2,1-2H3;3*1H3;. The van der Waals surface area contributed by atoms with Crippen LogP contribution in [0, 0.1) is 0 Å². The zero-order valence-corrected chi connectivity index (χ0v) is 18.5. The Morgan fingerprint density at radius 2 is 1.80 bits per heavy atom. The van der Waals surface area contributed by atoms with E-state index in [4.69, 9.17) is 4.74 Å². The van der Waals surface area contributed by atoms with E-state index in [1.807, 2.05) is 37.2 Å².